The minimum Gasteiger partial charge on any atom is -0.494 e. The maximum Gasteiger partial charge on any atom is 0.254 e. The Bertz CT molecular complexity index is 529. The van der Waals surface area contributed by atoms with E-state index in [2.05, 4.69) is 9.80 Å². The predicted octanol–water partition coefficient (Wildman–Crippen LogP) is 3.13. The first kappa shape index (κ1) is 17.6. The number of nitrogens with zero attached hydrogens (tertiary/aromatic N) is 2. The van der Waals surface area contributed by atoms with Gasteiger partial charge in [0.2, 0.25) is 0 Å². The Morgan fingerprint density at radius 1 is 1.17 bits per heavy atom. The van der Waals surface area contributed by atoms with Gasteiger partial charge in [0.15, 0.2) is 0 Å². The summed E-state index contributed by atoms with van der Waals surface area (Å²) in [5.41, 5.74) is 0.775. The van der Waals surface area contributed by atoms with Crippen LogP contribution in [0.4, 0.5) is 0 Å². The Balaban J connectivity index is 1.70. The Labute approximate surface area is 149 Å². The van der Waals surface area contributed by atoms with Gasteiger partial charge in [-0.1, -0.05) is 0 Å². The van der Waals surface area contributed by atoms with Crippen LogP contribution in [0, 0.1) is 0 Å². The van der Waals surface area contributed by atoms with E-state index < -0.39 is 0 Å². The zero-order chi connectivity index (χ0) is 16.8. The van der Waals surface area contributed by atoms with Crippen LogP contribution in [0.15, 0.2) is 24.3 Å². The molecule has 0 saturated carbocycles. The molecule has 1 aromatic carbocycles. The van der Waals surface area contributed by atoms with Crippen LogP contribution >= 0.6 is 11.8 Å². The van der Waals surface area contributed by atoms with E-state index in [0.29, 0.717) is 12.6 Å². The molecule has 0 aromatic heterocycles. The van der Waals surface area contributed by atoms with Gasteiger partial charge in [0, 0.05) is 24.4 Å². The monoisotopic (exact) mass is 348 g/mol. The number of likely N-dealkylation sites (tertiary alicyclic amines) is 1. The van der Waals surface area contributed by atoms with Crippen molar-refractivity contribution in [3.8, 4) is 5.75 Å². The summed E-state index contributed by atoms with van der Waals surface area (Å²) in [6, 6.07) is 7.93. The normalized spacial score (nSPS) is 22.4. The molecule has 24 heavy (non-hydrogen) atoms. The Morgan fingerprint density at radius 3 is 2.62 bits per heavy atom. The summed E-state index contributed by atoms with van der Waals surface area (Å²) in [6.07, 6.45) is 3.68. The van der Waals surface area contributed by atoms with Gasteiger partial charge in [0.25, 0.3) is 5.91 Å². The van der Waals surface area contributed by atoms with E-state index >= 15 is 0 Å². The summed E-state index contributed by atoms with van der Waals surface area (Å²) in [6.45, 7) is 6.89. The molecule has 2 aliphatic rings. The van der Waals surface area contributed by atoms with Crippen LogP contribution in [-0.2, 0) is 0 Å². The number of hydrogen-bond donors (Lipinski definition) is 0. The van der Waals surface area contributed by atoms with E-state index in [1.54, 1.807) is 0 Å². The topological polar surface area (TPSA) is 32.8 Å². The van der Waals surface area contributed by atoms with E-state index in [-0.39, 0.29) is 5.91 Å². The number of ether oxygens (including phenoxy) is 1. The molecular weight excluding hydrogens is 320 g/mol. The molecule has 1 aromatic rings. The van der Waals surface area contributed by atoms with Crippen molar-refractivity contribution in [3.05, 3.63) is 29.8 Å². The second-order valence-electron chi connectivity index (χ2n) is 6.55. The van der Waals surface area contributed by atoms with Gasteiger partial charge in [0.1, 0.15) is 5.75 Å². The summed E-state index contributed by atoms with van der Waals surface area (Å²) in [5.74, 6) is 3.21. The van der Waals surface area contributed by atoms with Crippen LogP contribution < -0.4 is 4.74 Å². The third kappa shape index (κ3) is 4.45. The van der Waals surface area contributed by atoms with E-state index in [0.717, 1.165) is 42.3 Å². The first-order chi connectivity index (χ1) is 11.8. The van der Waals surface area contributed by atoms with Crippen molar-refractivity contribution in [2.75, 3.05) is 44.3 Å². The predicted molar refractivity (Wildman–Crippen MR) is 100 cm³/mol. The van der Waals surface area contributed by atoms with Gasteiger partial charge in [-0.05, 0) is 69.3 Å². The molecule has 0 radical (unpaired) electrons. The van der Waals surface area contributed by atoms with E-state index in [9.17, 15) is 4.79 Å². The van der Waals surface area contributed by atoms with Gasteiger partial charge in [-0.2, -0.15) is 11.8 Å². The van der Waals surface area contributed by atoms with Crippen molar-refractivity contribution in [1.29, 1.82) is 0 Å². The largest absolute Gasteiger partial charge is 0.494 e. The van der Waals surface area contributed by atoms with Gasteiger partial charge in [-0.25, -0.2) is 0 Å². The minimum absolute atomic E-state index is 0.171. The van der Waals surface area contributed by atoms with Gasteiger partial charge < -0.3 is 14.5 Å². The van der Waals surface area contributed by atoms with Crippen molar-refractivity contribution in [3.63, 3.8) is 0 Å². The number of hydrogen-bond acceptors (Lipinski definition) is 4. The smallest absolute Gasteiger partial charge is 0.254 e. The van der Waals surface area contributed by atoms with Crippen molar-refractivity contribution in [2.45, 2.75) is 32.2 Å². The molecule has 4 nitrogen and oxygen atoms in total. The fourth-order valence-electron chi connectivity index (χ4n) is 3.54. The van der Waals surface area contributed by atoms with Gasteiger partial charge in [0.05, 0.1) is 12.6 Å². The second-order valence-corrected chi connectivity index (χ2v) is 7.70. The third-order valence-corrected chi connectivity index (χ3v) is 5.98. The zero-order valence-electron chi connectivity index (χ0n) is 14.6. The molecule has 132 valence electrons. The third-order valence-electron chi connectivity index (χ3n) is 4.78. The fraction of sp³-hybridized carbons (Fsp3) is 0.632. The lowest BCUT2D eigenvalue weighted by molar-refractivity contribution is 0.0666. The highest BCUT2D eigenvalue weighted by atomic mass is 32.2. The lowest BCUT2D eigenvalue weighted by Crippen LogP contribution is -2.47. The summed E-state index contributed by atoms with van der Waals surface area (Å²) in [7, 11) is 0. The van der Waals surface area contributed by atoms with Gasteiger partial charge in [-0.15, -0.1) is 0 Å². The average molecular weight is 349 g/mol. The lowest BCUT2D eigenvalue weighted by atomic mass is 10.1. The molecule has 2 heterocycles. The minimum atomic E-state index is 0.171. The molecule has 5 heteroatoms. The second kappa shape index (κ2) is 8.77. The van der Waals surface area contributed by atoms with E-state index in [1.165, 1.54) is 25.9 Å². The van der Waals surface area contributed by atoms with Crippen LogP contribution in [0.2, 0.25) is 0 Å². The van der Waals surface area contributed by atoms with Crippen LogP contribution in [-0.4, -0.2) is 66.0 Å². The average Bonchev–Trinajstić information content (AvgIpc) is 3.00. The molecule has 0 bridgehead atoms. The van der Waals surface area contributed by atoms with Crippen LogP contribution in [0.1, 0.15) is 36.5 Å². The number of thioether (sulfide) groups is 1. The molecule has 2 saturated heterocycles. The molecule has 3 rings (SSSR count). The standard InChI is InChI=1S/C19H28N2O2S/c1-2-23-18-8-6-16(7-9-18)19(22)21-12-5-13-24-15-17(21)14-20-10-3-4-11-20/h6-9,17H,2-5,10-15H2,1H3. The maximum atomic E-state index is 13.1. The number of rotatable bonds is 5. The quantitative estimate of drug-likeness (QED) is 0.818. The van der Waals surface area contributed by atoms with Crippen molar-refractivity contribution in [2.24, 2.45) is 0 Å². The van der Waals surface area contributed by atoms with E-state index in [4.69, 9.17) is 4.74 Å². The first-order valence-electron chi connectivity index (χ1n) is 9.12. The van der Waals surface area contributed by atoms with Crippen molar-refractivity contribution in [1.82, 2.24) is 9.80 Å². The van der Waals surface area contributed by atoms with Crippen LogP contribution in [0.25, 0.3) is 0 Å². The summed E-state index contributed by atoms with van der Waals surface area (Å²) in [5, 5.41) is 0. The zero-order valence-corrected chi connectivity index (χ0v) is 15.4. The molecule has 0 spiro atoms. The fourth-order valence-corrected chi connectivity index (χ4v) is 4.59. The SMILES string of the molecule is CCOc1ccc(C(=O)N2CCCSCC2CN2CCCC2)cc1. The highest BCUT2D eigenvalue weighted by Crippen LogP contribution is 2.22. The Morgan fingerprint density at radius 2 is 1.92 bits per heavy atom. The molecular formula is C19H28N2O2S. The highest BCUT2D eigenvalue weighted by molar-refractivity contribution is 7.99. The molecule has 0 N–H and O–H groups in total. The van der Waals surface area contributed by atoms with Crippen LogP contribution in [0.3, 0.4) is 0 Å². The van der Waals surface area contributed by atoms with E-state index in [1.807, 2.05) is 43.0 Å². The first-order valence-corrected chi connectivity index (χ1v) is 10.3. The summed E-state index contributed by atoms with van der Waals surface area (Å²) < 4.78 is 5.48. The van der Waals surface area contributed by atoms with Crippen LogP contribution in [0.5, 0.6) is 5.75 Å². The number of carbonyl (C=O) groups excluding carboxylic acids is 1. The molecule has 1 amide bonds. The maximum absolute atomic E-state index is 13.1. The highest BCUT2D eigenvalue weighted by Gasteiger charge is 2.28. The summed E-state index contributed by atoms with van der Waals surface area (Å²) in [4.78, 5) is 17.7. The Hall–Kier alpha value is -1.20. The van der Waals surface area contributed by atoms with Gasteiger partial charge >= 0.3 is 0 Å². The number of carbonyl (C=O) groups is 1. The lowest BCUT2D eigenvalue weighted by Gasteiger charge is -2.32. The Kier molecular flexibility index (Phi) is 6.44. The number of amides is 1. The summed E-state index contributed by atoms with van der Waals surface area (Å²) >= 11 is 1.99. The van der Waals surface area contributed by atoms with Crippen molar-refractivity contribution < 1.29 is 9.53 Å². The molecule has 2 fully saturated rings. The molecule has 2 aliphatic heterocycles. The molecule has 1 unspecified atom stereocenters. The number of benzene rings is 1. The molecule has 1 atom stereocenters. The molecule has 0 aliphatic carbocycles. The van der Waals surface area contributed by atoms with Crippen molar-refractivity contribution >= 4 is 17.7 Å². The van der Waals surface area contributed by atoms with Gasteiger partial charge in [-0.3, -0.25) is 4.79 Å².